The van der Waals surface area contributed by atoms with Gasteiger partial charge < -0.3 is 10.3 Å². The zero-order valence-corrected chi connectivity index (χ0v) is 17.5. The molecule has 0 bridgehead atoms. The number of nitrogens with zero attached hydrogens (tertiary/aromatic N) is 3. The normalized spacial score (nSPS) is 15.1. The number of imidazole rings is 1. The molecule has 3 aromatic rings. The molecule has 1 aromatic carbocycles. The van der Waals surface area contributed by atoms with Crippen molar-refractivity contribution in [2.24, 2.45) is 7.05 Å². The number of alkyl halides is 3. The average Bonchev–Trinajstić information content (AvgIpc) is 3.18. The third-order valence-electron chi connectivity index (χ3n) is 4.24. The highest BCUT2D eigenvalue weighted by atomic mass is 35.5. The van der Waals surface area contributed by atoms with E-state index < -0.39 is 33.5 Å². The van der Waals surface area contributed by atoms with Crippen LogP contribution in [0.2, 0.25) is 5.02 Å². The molecule has 30 heavy (non-hydrogen) atoms. The molecular weight excluding hydrogens is 448 g/mol. The van der Waals surface area contributed by atoms with Crippen molar-refractivity contribution in [3.8, 4) is 0 Å². The molecule has 3 N–H and O–H groups in total. The minimum atomic E-state index is -4.64. The first kappa shape index (κ1) is 22.1. The van der Waals surface area contributed by atoms with Gasteiger partial charge in [0.15, 0.2) is 10.7 Å². The summed E-state index contributed by atoms with van der Waals surface area (Å²) in [5, 5.41) is 6.16. The molecule has 2 heterocycles. The van der Waals surface area contributed by atoms with Crippen LogP contribution in [0.4, 0.5) is 23.4 Å². The first-order valence-corrected chi connectivity index (χ1v) is 10.7. The number of aryl methyl sites for hydroxylation is 2. The number of nitrogens with one attached hydrogen (secondary N) is 3. The van der Waals surface area contributed by atoms with E-state index in [1.54, 1.807) is 6.92 Å². The van der Waals surface area contributed by atoms with E-state index in [1.165, 1.54) is 25.4 Å². The van der Waals surface area contributed by atoms with Crippen LogP contribution in [0.3, 0.4) is 0 Å². The summed E-state index contributed by atoms with van der Waals surface area (Å²) in [5.74, 6) is -0.494. The molecule has 0 amide bonds. The molecule has 0 aliphatic carbocycles. The fourth-order valence-electron chi connectivity index (χ4n) is 2.87. The van der Waals surface area contributed by atoms with Gasteiger partial charge in [0.2, 0.25) is 0 Å². The average molecular weight is 465 g/mol. The monoisotopic (exact) mass is 464 g/mol. The Morgan fingerprint density at radius 2 is 2.00 bits per heavy atom. The zero-order valence-electron chi connectivity index (χ0n) is 15.9. The van der Waals surface area contributed by atoms with Gasteiger partial charge >= 0.3 is 6.18 Å². The van der Waals surface area contributed by atoms with Gasteiger partial charge in [-0.05, 0) is 24.6 Å². The lowest BCUT2D eigenvalue weighted by Gasteiger charge is -2.19. The van der Waals surface area contributed by atoms with Gasteiger partial charge in [-0.2, -0.15) is 18.3 Å². The van der Waals surface area contributed by atoms with Gasteiger partial charge in [0.05, 0.1) is 14.8 Å². The van der Waals surface area contributed by atoms with E-state index in [2.05, 4.69) is 20.4 Å². The molecule has 0 aliphatic heterocycles. The third-order valence-corrected chi connectivity index (χ3v) is 5.67. The van der Waals surface area contributed by atoms with E-state index in [0.717, 1.165) is 16.8 Å². The van der Waals surface area contributed by atoms with E-state index in [4.69, 9.17) is 16.4 Å². The van der Waals surface area contributed by atoms with Crippen LogP contribution in [0.5, 0.6) is 0 Å². The number of hydrogen-bond acceptors (Lipinski definition) is 5. The topological polar surface area (TPSA) is 99.4 Å². The number of hydrogen-bond donors (Lipinski definition) is 3. The molecule has 0 radical (unpaired) electrons. The van der Waals surface area contributed by atoms with Gasteiger partial charge in [0.1, 0.15) is 23.5 Å². The Kier molecular flexibility index (Phi) is 5.58. The fraction of sp³-hybridized carbons (Fsp3) is 0.294. The van der Waals surface area contributed by atoms with Crippen molar-refractivity contribution in [1.29, 1.82) is 4.78 Å². The highest BCUT2D eigenvalue weighted by molar-refractivity contribution is 7.91. The Morgan fingerprint density at radius 3 is 2.50 bits per heavy atom. The second-order valence-corrected chi connectivity index (χ2v) is 9.16. The van der Waals surface area contributed by atoms with Crippen molar-refractivity contribution >= 4 is 27.1 Å². The van der Waals surface area contributed by atoms with Gasteiger partial charge in [0, 0.05) is 25.1 Å². The Bertz CT molecular complexity index is 1200. The second kappa shape index (κ2) is 7.58. The van der Waals surface area contributed by atoms with Gasteiger partial charge in [-0.15, -0.1) is 0 Å². The molecule has 0 aliphatic rings. The highest BCUT2D eigenvalue weighted by Gasteiger charge is 2.35. The minimum absolute atomic E-state index is 0.00600. The first-order valence-electron chi connectivity index (χ1n) is 8.40. The predicted octanol–water partition coefficient (Wildman–Crippen LogP) is 4.50. The zero-order chi connectivity index (χ0) is 22.4. The minimum Gasteiger partial charge on any atom is -0.356 e. The molecule has 162 valence electrons. The molecule has 3 rings (SSSR count). The van der Waals surface area contributed by atoms with Crippen LogP contribution in [-0.2, 0) is 23.0 Å². The van der Waals surface area contributed by atoms with E-state index >= 15 is 0 Å². The lowest BCUT2D eigenvalue weighted by atomic mass is 10.1. The maximum absolute atomic E-state index is 13.6. The number of benzene rings is 1. The predicted molar refractivity (Wildman–Crippen MR) is 103 cm³/mol. The van der Waals surface area contributed by atoms with Crippen molar-refractivity contribution in [2.45, 2.75) is 24.2 Å². The van der Waals surface area contributed by atoms with Crippen LogP contribution in [-0.4, -0.2) is 30.2 Å². The summed E-state index contributed by atoms with van der Waals surface area (Å²) in [6.07, 6.45) is -3.44. The van der Waals surface area contributed by atoms with Gasteiger partial charge in [-0.25, -0.2) is 18.4 Å². The molecule has 0 saturated carbocycles. The molecule has 0 spiro atoms. The van der Waals surface area contributed by atoms with Crippen LogP contribution in [0, 0.1) is 17.5 Å². The van der Waals surface area contributed by atoms with Crippen molar-refractivity contribution in [1.82, 2.24) is 19.7 Å². The lowest BCUT2D eigenvalue weighted by molar-refractivity contribution is -0.141. The molecule has 2 aromatic heterocycles. The molecule has 0 saturated heterocycles. The summed E-state index contributed by atoms with van der Waals surface area (Å²) in [6, 6.07) is 3.70. The molecule has 7 nitrogen and oxygen atoms in total. The third kappa shape index (κ3) is 4.43. The van der Waals surface area contributed by atoms with Crippen LogP contribution < -0.4 is 5.32 Å². The summed E-state index contributed by atoms with van der Waals surface area (Å²) in [5.41, 5.74) is -0.347. The van der Waals surface area contributed by atoms with Crippen LogP contribution in [0.1, 0.15) is 28.8 Å². The number of halogens is 5. The van der Waals surface area contributed by atoms with E-state index in [1.807, 2.05) is 0 Å². The Hall–Kier alpha value is -2.60. The van der Waals surface area contributed by atoms with Crippen LogP contribution >= 0.6 is 11.6 Å². The smallest absolute Gasteiger partial charge is 0.356 e. The second-order valence-electron chi connectivity index (χ2n) is 6.68. The highest BCUT2D eigenvalue weighted by Crippen LogP contribution is 2.33. The quantitative estimate of drug-likeness (QED) is 0.484. The van der Waals surface area contributed by atoms with E-state index in [0.29, 0.717) is 11.3 Å². The van der Waals surface area contributed by atoms with E-state index in [-0.39, 0.29) is 21.7 Å². The molecular formula is C17H17ClF4N6OS. The largest absolute Gasteiger partial charge is 0.435 e. The SMILES string of the molecule is Cc1[nH]c([C@@H](Nc2cc(C(F)(F)F)nn2C)c2ccc(F)c(Cl)c2)nc1[S@](C)(=N)=O. The maximum atomic E-state index is 13.6. The van der Waals surface area contributed by atoms with Gasteiger partial charge in [-0.1, -0.05) is 17.7 Å². The Morgan fingerprint density at radius 1 is 1.33 bits per heavy atom. The van der Waals surface area contributed by atoms with Crippen molar-refractivity contribution in [3.63, 3.8) is 0 Å². The summed E-state index contributed by atoms with van der Waals surface area (Å²) in [4.78, 5) is 7.12. The lowest BCUT2D eigenvalue weighted by Crippen LogP contribution is -2.16. The number of rotatable bonds is 5. The number of aromatic nitrogens is 4. The number of H-pyrrole nitrogens is 1. The molecule has 0 fully saturated rings. The molecule has 13 heteroatoms. The van der Waals surface area contributed by atoms with Crippen molar-refractivity contribution in [2.75, 3.05) is 11.6 Å². The number of anilines is 1. The molecule has 0 unspecified atom stereocenters. The maximum Gasteiger partial charge on any atom is 0.435 e. The Labute approximate surface area is 174 Å². The number of aromatic amines is 1. The fourth-order valence-corrected chi connectivity index (χ4v) is 3.97. The van der Waals surface area contributed by atoms with Gasteiger partial charge in [0.25, 0.3) is 0 Å². The standard InChI is InChI=1S/C17H17ClF4N6OS/c1-8-16(30(3,23)29)26-15(24-8)14(9-4-5-11(19)10(18)6-9)25-13-7-12(17(20,21)22)27-28(13)2/h4-7,14,23,25H,1-3H3,(H,24,26)/t14-,30+/m0/s1. The summed E-state index contributed by atoms with van der Waals surface area (Å²) in [6.45, 7) is 1.57. The first-order chi connectivity index (χ1) is 13.8. The van der Waals surface area contributed by atoms with Crippen LogP contribution in [0.25, 0.3) is 0 Å². The molecule has 2 atom stereocenters. The van der Waals surface area contributed by atoms with Crippen LogP contribution in [0.15, 0.2) is 29.3 Å². The summed E-state index contributed by atoms with van der Waals surface area (Å²) < 4.78 is 73.6. The summed E-state index contributed by atoms with van der Waals surface area (Å²) in [7, 11) is -1.83. The summed E-state index contributed by atoms with van der Waals surface area (Å²) >= 11 is 5.88. The Balaban J connectivity index is 2.12. The van der Waals surface area contributed by atoms with Gasteiger partial charge in [-0.3, -0.25) is 4.68 Å². The van der Waals surface area contributed by atoms with Crippen molar-refractivity contribution in [3.05, 3.63) is 57.9 Å². The van der Waals surface area contributed by atoms with E-state index in [9.17, 15) is 21.8 Å². The van der Waals surface area contributed by atoms with Crippen molar-refractivity contribution < 1.29 is 21.8 Å².